The van der Waals surface area contributed by atoms with Crippen molar-refractivity contribution in [3.63, 3.8) is 0 Å². The molecular weight excluding hydrogens is 234 g/mol. The molecule has 19 heavy (non-hydrogen) atoms. The first-order chi connectivity index (χ1) is 9.20. The molecule has 0 fully saturated rings. The van der Waals surface area contributed by atoms with Crippen LogP contribution in [0.1, 0.15) is 12.5 Å². The largest absolute Gasteiger partial charge is 0.387 e. The van der Waals surface area contributed by atoms with Gasteiger partial charge in [0.15, 0.2) is 5.84 Å². The summed E-state index contributed by atoms with van der Waals surface area (Å²) in [5.41, 5.74) is 8.91. The number of benzene rings is 2. The molecule has 0 bridgehead atoms. The standard InChI is InChI=1S/C16H17N3/c1-12(17)19-16(18-2)15-10-6-9-14(11-15)13-7-4-3-5-8-13/h3-11H,1-2H3,(H2,17,18,19). The summed E-state index contributed by atoms with van der Waals surface area (Å²) in [5, 5.41) is 0. The van der Waals surface area contributed by atoms with Gasteiger partial charge in [0.2, 0.25) is 0 Å². The lowest BCUT2D eigenvalue weighted by Crippen LogP contribution is -2.10. The number of aliphatic imine (C=N–C) groups is 2. The molecule has 2 aromatic rings. The lowest BCUT2D eigenvalue weighted by molar-refractivity contribution is 1.37. The third-order valence-electron chi connectivity index (χ3n) is 2.72. The average molecular weight is 251 g/mol. The normalized spacial score (nSPS) is 12.5. The zero-order chi connectivity index (χ0) is 13.7. The lowest BCUT2D eigenvalue weighted by Gasteiger charge is -2.05. The Balaban J connectivity index is 2.43. The Bertz CT molecular complexity index is 609. The maximum atomic E-state index is 5.62. The topological polar surface area (TPSA) is 50.7 Å². The van der Waals surface area contributed by atoms with Gasteiger partial charge in [0.05, 0.1) is 5.84 Å². The maximum Gasteiger partial charge on any atom is 0.156 e. The smallest absolute Gasteiger partial charge is 0.156 e. The number of nitrogens with two attached hydrogens (primary N) is 1. The quantitative estimate of drug-likeness (QED) is 0.647. The molecule has 0 aliphatic rings. The van der Waals surface area contributed by atoms with E-state index in [1.54, 1.807) is 14.0 Å². The Morgan fingerprint density at radius 3 is 2.26 bits per heavy atom. The molecule has 0 spiro atoms. The molecule has 0 atom stereocenters. The van der Waals surface area contributed by atoms with Crippen molar-refractivity contribution in [2.24, 2.45) is 15.7 Å². The van der Waals surface area contributed by atoms with E-state index < -0.39 is 0 Å². The second kappa shape index (κ2) is 5.96. The van der Waals surface area contributed by atoms with Crippen molar-refractivity contribution < 1.29 is 0 Å². The van der Waals surface area contributed by atoms with Gasteiger partial charge in [0.25, 0.3) is 0 Å². The number of hydrogen-bond donors (Lipinski definition) is 1. The van der Waals surface area contributed by atoms with Crippen LogP contribution in [-0.4, -0.2) is 18.7 Å². The second-order valence-electron chi connectivity index (χ2n) is 4.25. The summed E-state index contributed by atoms with van der Waals surface area (Å²) >= 11 is 0. The second-order valence-corrected chi connectivity index (χ2v) is 4.25. The van der Waals surface area contributed by atoms with Gasteiger partial charge >= 0.3 is 0 Å². The molecule has 0 aliphatic heterocycles. The summed E-state index contributed by atoms with van der Waals surface area (Å²) in [6.45, 7) is 1.76. The molecule has 0 saturated carbocycles. The van der Waals surface area contributed by atoms with Gasteiger partial charge in [-0.05, 0) is 24.1 Å². The maximum absolute atomic E-state index is 5.62. The van der Waals surface area contributed by atoms with Crippen LogP contribution in [-0.2, 0) is 0 Å². The van der Waals surface area contributed by atoms with E-state index in [1.165, 1.54) is 5.56 Å². The van der Waals surface area contributed by atoms with Crippen LogP contribution >= 0.6 is 0 Å². The van der Waals surface area contributed by atoms with Crippen LogP contribution in [0.4, 0.5) is 0 Å². The first kappa shape index (κ1) is 13.0. The van der Waals surface area contributed by atoms with Gasteiger partial charge < -0.3 is 5.73 Å². The van der Waals surface area contributed by atoms with Gasteiger partial charge in [-0.1, -0.05) is 48.5 Å². The van der Waals surface area contributed by atoms with E-state index in [2.05, 4.69) is 34.3 Å². The average Bonchev–Trinajstić information content (AvgIpc) is 2.45. The van der Waals surface area contributed by atoms with E-state index >= 15 is 0 Å². The Hall–Kier alpha value is -2.42. The number of rotatable bonds is 2. The van der Waals surface area contributed by atoms with Crippen LogP contribution in [0.25, 0.3) is 11.1 Å². The van der Waals surface area contributed by atoms with Crippen LogP contribution in [0.3, 0.4) is 0 Å². The monoisotopic (exact) mass is 251 g/mol. The number of hydrogen-bond acceptors (Lipinski definition) is 1. The molecule has 2 N–H and O–H groups in total. The van der Waals surface area contributed by atoms with Gasteiger partial charge in [-0.2, -0.15) is 0 Å². The molecule has 0 aliphatic carbocycles. The third kappa shape index (κ3) is 3.28. The highest BCUT2D eigenvalue weighted by atomic mass is 14.9. The highest BCUT2D eigenvalue weighted by molar-refractivity contribution is 6.06. The van der Waals surface area contributed by atoms with Gasteiger partial charge in [0, 0.05) is 12.6 Å². The fourth-order valence-corrected chi connectivity index (χ4v) is 1.88. The summed E-state index contributed by atoms with van der Waals surface area (Å²) in [7, 11) is 1.72. The predicted octanol–water partition coefficient (Wildman–Crippen LogP) is 3.11. The first-order valence-electron chi connectivity index (χ1n) is 6.14. The molecule has 96 valence electrons. The van der Waals surface area contributed by atoms with Crippen molar-refractivity contribution in [3.8, 4) is 11.1 Å². The minimum atomic E-state index is 0.505. The molecule has 0 amide bonds. The van der Waals surface area contributed by atoms with Crippen molar-refractivity contribution in [3.05, 3.63) is 60.2 Å². The van der Waals surface area contributed by atoms with Crippen molar-refractivity contribution in [1.82, 2.24) is 0 Å². The van der Waals surface area contributed by atoms with Crippen molar-refractivity contribution >= 4 is 11.7 Å². The van der Waals surface area contributed by atoms with Crippen LogP contribution in [0.5, 0.6) is 0 Å². The van der Waals surface area contributed by atoms with E-state index in [0.717, 1.165) is 11.1 Å². The van der Waals surface area contributed by atoms with Crippen molar-refractivity contribution in [2.75, 3.05) is 7.05 Å². The highest BCUT2D eigenvalue weighted by Gasteiger charge is 2.03. The first-order valence-corrected chi connectivity index (χ1v) is 6.14. The Kier molecular flexibility index (Phi) is 4.08. The highest BCUT2D eigenvalue weighted by Crippen LogP contribution is 2.20. The fraction of sp³-hybridized carbons (Fsp3) is 0.125. The Morgan fingerprint density at radius 1 is 0.947 bits per heavy atom. The Morgan fingerprint density at radius 2 is 1.63 bits per heavy atom. The van der Waals surface area contributed by atoms with E-state index in [1.807, 2.05) is 30.3 Å². The summed E-state index contributed by atoms with van der Waals surface area (Å²) in [6, 6.07) is 18.4. The molecular formula is C16H17N3. The SMILES string of the molecule is CN=C(N=C(C)N)c1cccc(-c2ccccc2)c1. The summed E-state index contributed by atoms with van der Waals surface area (Å²) in [6.07, 6.45) is 0. The minimum Gasteiger partial charge on any atom is -0.387 e. The molecule has 0 heterocycles. The van der Waals surface area contributed by atoms with Crippen LogP contribution < -0.4 is 5.73 Å². The number of amidine groups is 2. The molecule has 0 radical (unpaired) electrons. The van der Waals surface area contributed by atoms with Gasteiger partial charge in [-0.15, -0.1) is 0 Å². The summed E-state index contributed by atoms with van der Waals surface area (Å²) < 4.78 is 0. The molecule has 0 saturated heterocycles. The van der Waals surface area contributed by atoms with E-state index in [0.29, 0.717) is 11.7 Å². The van der Waals surface area contributed by atoms with Gasteiger partial charge in [-0.25, -0.2) is 4.99 Å². The molecule has 3 heteroatoms. The van der Waals surface area contributed by atoms with Crippen LogP contribution in [0, 0.1) is 0 Å². The lowest BCUT2D eigenvalue weighted by atomic mass is 10.0. The van der Waals surface area contributed by atoms with Crippen molar-refractivity contribution in [2.45, 2.75) is 6.92 Å². The molecule has 3 nitrogen and oxygen atoms in total. The summed E-state index contributed by atoms with van der Waals surface area (Å²) in [5.74, 6) is 1.16. The predicted molar refractivity (Wildman–Crippen MR) is 81.6 cm³/mol. The zero-order valence-electron chi connectivity index (χ0n) is 11.2. The minimum absolute atomic E-state index is 0.505. The van der Waals surface area contributed by atoms with E-state index in [4.69, 9.17) is 5.73 Å². The third-order valence-corrected chi connectivity index (χ3v) is 2.72. The van der Waals surface area contributed by atoms with Crippen LogP contribution in [0.15, 0.2) is 64.6 Å². The fourth-order valence-electron chi connectivity index (χ4n) is 1.88. The zero-order valence-corrected chi connectivity index (χ0v) is 11.2. The molecule has 2 rings (SSSR count). The molecule has 2 aromatic carbocycles. The summed E-state index contributed by atoms with van der Waals surface area (Å²) in [4.78, 5) is 8.43. The van der Waals surface area contributed by atoms with Gasteiger partial charge in [0.1, 0.15) is 0 Å². The molecule has 0 aromatic heterocycles. The van der Waals surface area contributed by atoms with Crippen LogP contribution in [0.2, 0.25) is 0 Å². The van der Waals surface area contributed by atoms with E-state index in [9.17, 15) is 0 Å². The Labute approximate surface area is 113 Å². The van der Waals surface area contributed by atoms with E-state index in [-0.39, 0.29) is 0 Å². The number of nitrogens with zero attached hydrogens (tertiary/aromatic N) is 2. The molecule has 0 unspecified atom stereocenters. The van der Waals surface area contributed by atoms with Gasteiger partial charge in [-0.3, -0.25) is 4.99 Å². The van der Waals surface area contributed by atoms with Crippen molar-refractivity contribution in [1.29, 1.82) is 0 Å².